The van der Waals surface area contributed by atoms with Crippen LogP contribution in [-0.2, 0) is 4.79 Å². The Balaban J connectivity index is 1.02. The number of ether oxygens (including phenoxy) is 3. The first-order valence-electron chi connectivity index (χ1n) is 19.7. The first-order valence-corrected chi connectivity index (χ1v) is 19.7. The van der Waals surface area contributed by atoms with Crippen LogP contribution in [0.1, 0.15) is 83.7 Å². The maximum atomic E-state index is 13.6. The second-order valence-electron chi connectivity index (χ2n) is 14.8. The molecule has 2 aromatic carbocycles. The van der Waals surface area contributed by atoms with Crippen molar-refractivity contribution in [3.8, 4) is 17.2 Å². The average molecular weight is 767 g/mol. The number of carbonyl (C=O) groups is 4. The number of aromatic nitrogens is 1. The summed E-state index contributed by atoms with van der Waals surface area (Å²) in [6.45, 7) is 7.49. The Morgan fingerprint density at radius 1 is 0.929 bits per heavy atom. The number of rotatable bonds is 15. The molecule has 1 N–H and O–H groups in total. The number of aldehydes is 1. The molecule has 298 valence electrons. The summed E-state index contributed by atoms with van der Waals surface area (Å²) in [4.78, 5) is 61.9. The molecule has 13 nitrogen and oxygen atoms in total. The highest BCUT2D eigenvalue weighted by atomic mass is 16.5. The van der Waals surface area contributed by atoms with Crippen LogP contribution in [0, 0.1) is 5.92 Å². The van der Waals surface area contributed by atoms with Gasteiger partial charge in [-0.05, 0) is 85.5 Å². The number of imide groups is 1. The molecule has 0 radical (unpaired) electrons. The van der Waals surface area contributed by atoms with Crippen molar-refractivity contribution in [2.45, 2.75) is 58.0 Å². The van der Waals surface area contributed by atoms with Crippen molar-refractivity contribution in [1.82, 2.24) is 25.0 Å². The number of likely N-dealkylation sites (tertiary alicyclic amines) is 2. The van der Waals surface area contributed by atoms with Gasteiger partial charge in [-0.2, -0.15) is 0 Å². The van der Waals surface area contributed by atoms with Crippen LogP contribution in [0.5, 0.6) is 17.2 Å². The van der Waals surface area contributed by atoms with E-state index in [1.807, 2.05) is 36.2 Å². The van der Waals surface area contributed by atoms with E-state index in [1.54, 1.807) is 37.7 Å². The Hall–Kier alpha value is -5.43. The van der Waals surface area contributed by atoms with Gasteiger partial charge in [0.2, 0.25) is 5.91 Å². The lowest BCUT2D eigenvalue weighted by atomic mass is 9.94. The van der Waals surface area contributed by atoms with Gasteiger partial charge in [-0.1, -0.05) is 19.4 Å². The molecule has 0 unspecified atom stereocenters. The molecule has 1 aromatic heterocycles. The Bertz CT molecular complexity index is 1900. The number of benzene rings is 2. The smallest absolute Gasteiger partial charge is 0.328 e. The molecular weight excluding hydrogens is 713 g/mol. The zero-order chi connectivity index (χ0) is 39.6. The molecule has 4 amide bonds. The van der Waals surface area contributed by atoms with Gasteiger partial charge < -0.3 is 28.9 Å². The summed E-state index contributed by atoms with van der Waals surface area (Å²) in [7, 11) is 5.22. The Morgan fingerprint density at radius 3 is 2.36 bits per heavy atom. The number of methoxy groups -OCH3 is 2. The molecule has 3 aromatic rings. The third-order valence-electron chi connectivity index (χ3n) is 11.0. The zero-order valence-electron chi connectivity index (χ0n) is 33.0. The number of nitrogens with zero attached hydrogens (tertiary/aromatic N) is 5. The normalized spacial score (nSPS) is 17.4. The van der Waals surface area contributed by atoms with E-state index in [0.29, 0.717) is 53.1 Å². The number of nitrogens with one attached hydrogen (secondary N) is 1. The van der Waals surface area contributed by atoms with Crippen LogP contribution >= 0.6 is 0 Å². The van der Waals surface area contributed by atoms with Crippen molar-refractivity contribution in [2.75, 3.05) is 72.0 Å². The lowest BCUT2D eigenvalue weighted by Gasteiger charge is -2.38. The molecule has 6 rings (SSSR count). The standard InChI is InChI=1S/C43H54N6O7/c1-5-6-18-46(2)28-36(35-11-17-44-26-33(35)29-50)31-7-10-39(40(25-31)55-4)56-34-14-19-47(20-15-34)27-30-12-21-48(22-13-30)42(52)32-8-9-38(54-3)37(24-32)49-23-16-41(51)45-43(49)53/h7-11,17,24-26,28-30,34H,5-6,12-16,18-23,27H2,1-4H3,(H,45,51,53)/b36-28-. The van der Waals surface area contributed by atoms with Gasteiger partial charge in [-0.15, -0.1) is 0 Å². The van der Waals surface area contributed by atoms with Gasteiger partial charge in [0.05, 0.1) is 19.9 Å². The van der Waals surface area contributed by atoms with Crippen molar-refractivity contribution in [1.29, 1.82) is 0 Å². The van der Waals surface area contributed by atoms with Crippen molar-refractivity contribution >= 4 is 35.4 Å². The van der Waals surface area contributed by atoms with E-state index in [4.69, 9.17) is 14.2 Å². The van der Waals surface area contributed by atoms with Crippen LogP contribution in [0.2, 0.25) is 0 Å². The van der Waals surface area contributed by atoms with Gasteiger partial charge in [0, 0.05) is 94.6 Å². The van der Waals surface area contributed by atoms with Crippen LogP contribution < -0.4 is 24.4 Å². The summed E-state index contributed by atoms with van der Waals surface area (Å²) in [5.41, 5.74) is 4.15. The Labute approximate surface area is 329 Å². The maximum Gasteiger partial charge on any atom is 0.328 e. The van der Waals surface area contributed by atoms with Crippen LogP contribution in [0.3, 0.4) is 0 Å². The average Bonchev–Trinajstić information content (AvgIpc) is 3.22. The lowest BCUT2D eigenvalue weighted by molar-refractivity contribution is -0.120. The van der Waals surface area contributed by atoms with E-state index in [9.17, 15) is 19.2 Å². The summed E-state index contributed by atoms with van der Waals surface area (Å²) >= 11 is 0. The molecule has 56 heavy (non-hydrogen) atoms. The minimum Gasteiger partial charge on any atom is -0.495 e. The number of hydrogen-bond donors (Lipinski definition) is 1. The van der Waals surface area contributed by atoms with Crippen LogP contribution in [-0.4, -0.2) is 117 Å². The topological polar surface area (TPSA) is 134 Å². The van der Waals surface area contributed by atoms with E-state index >= 15 is 0 Å². The predicted molar refractivity (Wildman–Crippen MR) is 214 cm³/mol. The first-order chi connectivity index (χ1) is 27.2. The second-order valence-corrected chi connectivity index (χ2v) is 14.8. The van der Waals surface area contributed by atoms with Crippen molar-refractivity contribution in [3.63, 3.8) is 0 Å². The summed E-state index contributed by atoms with van der Waals surface area (Å²) in [6, 6.07) is 12.5. The highest BCUT2D eigenvalue weighted by Crippen LogP contribution is 2.36. The molecule has 13 heteroatoms. The summed E-state index contributed by atoms with van der Waals surface area (Å²) in [6.07, 6.45) is 12.3. The summed E-state index contributed by atoms with van der Waals surface area (Å²) in [5, 5.41) is 2.34. The number of hydrogen-bond acceptors (Lipinski definition) is 10. The van der Waals surface area contributed by atoms with E-state index in [-0.39, 0.29) is 30.9 Å². The SMILES string of the molecule is CCCCN(C)/C=C(/c1ccc(OC2CCN(CC3CCN(C(=O)c4ccc(OC)c(N5CCC(=O)NC5=O)c4)CC3)CC2)c(OC)c1)c1ccncc1C=O. The molecule has 0 spiro atoms. The molecule has 3 fully saturated rings. The van der Waals surface area contributed by atoms with Gasteiger partial charge in [-0.25, -0.2) is 4.79 Å². The van der Waals surface area contributed by atoms with Crippen LogP contribution in [0.25, 0.3) is 5.57 Å². The lowest BCUT2D eigenvalue weighted by Crippen LogP contribution is -2.49. The van der Waals surface area contributed by atoms with Crippen molar-refractivity contribution in [2.24, 2.45) is 5.92 Å². The maximum absolute atomic E-state index is 13.6. The minimum atomic E-state index is -0.518. The van der Waals surface area contributed by atoms with Gasteiger partial charge in [0.1, 0.15) is 11.9 Å². The number of urea groups is 1. The second kappa shape index (κ2) is 18.9. The molecule has 4 heterocycles. The molecule has 3 saturated heterocycles. The number of pyridine rings is 1. The zero-order valence-corrected chi connectivity index (χ0v) is 33.0. The highest BCUT2D eigenvalue weighted by molar-refractivity contribution is 6.07. The van der Waals surface area contributed by atoms with Crippen molar-refractivity contribution in [3.05, 3.63) is 83.3 Å². The van der Waals surface area contributed by atoms with Crippen molar-refractivity contribution < 1.29 is 33.4 Å². The van der Waals surface area contributed by atoms with E-state index in [1.165, 1.54) is 12.0 Å². The molecule has 0 aliphatic carbocycles. The Kier molecular flexibility index (Phi) is 13.6. The summed E-state index contributed by atoms with van der Waals surface area (Å²) in [5.74, 6) is 1.92. The third-order valence-corrected chi connectivity index (χ3v) is 11.0. The van der Waals surface area contributed by atoms with Crippen LogP contribution in [0.15, 0.2) is 61.1 Å². The fraction of sp³-hybridized carbons (Fsp3) is 0.465. The Morgan fingerprint density at radius 2 is 1.66 bits per heavy atom. The highest BCUT2D eigenvalue weighted by Gasteiger charge is 2.30. The molecule has 3 aliphatic rings. The first kappa shape index (κ1) is 40.2. The van der Waals surface area contributed by atoms with E-state index in [0.717, 1.165) is 87.7 Å². The number of carbonyl (C=O) groups excluding carboxylic acids is 4. The fourth-order valence-electron chi connectivity index (χ4n) is 7.75. The van der Waals surface area contributed by atoms with Gasteiger partial charge in [0.15, 0.2) is 17.8 Å². The fourth-order valence-corrected chi connectivity index (χ4v) is 7.75. The largest absolute Gasteiger partial charge is 0.495 e. The molecule has 0 saturated carbocycles. The molecule has 0 bridgehead atoms. The monoisotopic (exact) mass is 766 g/mol. The predicted octanol–water partition coefficient (Wildman–Crippen LogP) is 5.87. The summed E-state index contributed by atoms with van der Waals surface area (Å²) < 4.78 is 17.9. The molecular formula is C43H54N6O7. The minimum absolute atomic E-state index is 0.0633. The quantitative estimate of drug-likeness (QED) is 0.187. The van der Waals surface area contributed by atoms with E-state index in [2.05, 4.69) is 33.2 Å². The van der Waals surface area contributed by atoms with E-state index < -0.39 is 6.03 Å². The molecule has 0 atom stereocenters. The van der Waals surface area contributed by atoms with Gasteiger partial charge in [-0.3, -0.25) is 29.6 Å². The molecule has 3 aliphatic heterocycles. The van der Waals surface area contributed by atoms with Gasteiger partial charge in [0.25, 0.3) is 5.91 Å². The number of amides is 4. The number of unbranched alkanes of at least 4 members (excludes halogenated alkanes) is 1. The number of piperidine rings is 2. The third kappa shape index (κ3) is 9.68. The van der Waals surface area contributed by atoms with Gasteiger partial charge >= 0.3 is 6.03 Å². The number of anilines is 1. The van der Waals surface area contributed by atoms with Crippen LogP contribution in [0.4, 0.5) is 10.5 Å².